The zero-order chi connectivity index (χ0) is 18.7. The first-order chi connectivity index (χ1) is 12.5. The molecule has 0 saturated heterocycles. The molecule has 136 valence electrons. The van der Waals surface area contributed by atoms with Gasteiger partial charge in [0.05, 0.1) is 10.8 Å². The maximum atomic E-state index is 10.7. The maximum absolute atomic E-state index is 10.7. The van der Waals surface area contributed by atoms with Crippen LogP contribution < -0.4 is 4.74 Å². The molecule has 0 aliphatic carbocycles. The van der Waals surface area contributed by atoms with Crippen LogP contribution in [0.25, 0.3) is 0 Å². The van der Waals surface area contributed by atoms with Crippen LogP contribution in [0.15, 0.2) is 41.8 Å². The summed E-state index contributed by atoms with van der Waals surface area (Å²) in [6.45, 7) is 3.91. The zero-order valence-electron chi connectivity index (χ0n) is 14.6. The largest absolute Gasteiger partial charge is 0.482 e. The Morgan fingerprint density at radius 1 is 1.35 bits per heavy atom. The highest BCUT2D eigenvalue weighted by Gasteiger charge is 2.18. The number of para-hydroxylation sites is 1. The number of benzene rings is 1. The van der Waals surface area contributed by atoms with Crippen molar-refractivity contribution in [2.24, 2.45) is 7.05 Å². The van der Waals surface area contributed by atoms with E-state index in [0.717, 1.165) is 11.3 Å². The number of aromatic nitrogens is 5. The Labute approximate surface area is 154 Å². The summed E-state index contributed by atoms with van der Waals surface area (Å²) in [5.74, 6) is 1.90. The van der Waals surface area contributed by atoms with Gasteiger partial charge in [-0.1, -0.05) is 30.0 Å². The van der Waals surface area contributed by atoms with Crippen molar-refractivity contribution in [1.82, 2.24) is 24.5 Å². The van der Waals surface area contributed by atoms with Gasteiger partial charge in [0.15, 0.2) is 17.1 Å². The first kappa shape index (κ1) is 17.9. The normalized spacial score (nSPS) is 12.1. The molecule has 3 aromatic rings. The molecule has 0 aliphatic rings. The number of thioether (sulfide) groups is 1. The first-order valence-corrected chi connectivity index (χ1v) is 8.85. The molecule has 0 saturated carbocycles. The summed E-state index contributed by atoms with van der Waals surface area (Å²) in [4.78, 5) is 10.2. The van der Waals surface area contributed by atoms with Gasteiger partial charge in [-0.15, -0.1) is 10.2 Å². The van der Waals surface area contributed by atoms with Crippen LogP contribution in [0.4, 0.5) is 5.69 Å². The van der Waals surface area contributed by atoms with Crippen molar-refractivity contribution in [2.45, 2.75) is 31.0 Å². The van der Waals surface area contributed by atoms with Crippen LogP contribution in [0.1, 0.15) is 24.4 Å². The predicted molar refractivity (Wildman–Crippen MR) is 96.0 cm³/mol. The van der Waals surface area contributed by atoms with Crippen molar-refractivity contribution in [3.8, 4) is 5.75 Å². The van der Waals surface area contributed by atoms with E-state index in [1.54, 1.807) is 0 Å². The molecule has 1 atom stereocenters. The molecule has 2 aromatic heterocycles. The average molecular weight is 374 g/mol. The fourth-order valence-electron chi connectivity index (χ4n) is 2.38. The van der Waals surface area contributed by atoms with E-state index in [2.05, 4.69) is 15.3 Å². The molecule has 0 N–H and O–H groups in total. The Balaban J connectivity index is 1.67. The van der Waals surface area contributed by atoms with Crippen molar-refractivity contribution in [1.29, 1.82) is 0 Å². The molecular weight excluding hydrogens is 356 g/mol. The van der Waals surface area contributed by atoms with E-state index in [4.69, 9.17) is 4.74 Å². The highest BCUT2D eigenvalue weighted by atomic mass is 32.2. The van der Waals surface area contributed by atoms with Crippen molar-refractivity contribution in [2.75, 3.05) is 0 Å². The molecule has 0 amide bonds. The Morgan fingerprint density at radius 2 is 2.12 bits per heavy atom. The summed E-state index contributed by atoms with van der Waals surface area (Å²) in [6.07, 6.45) is 2.34. The molecule has 0 fully saturated rings. The SMILES string of the molecule is Cc1ccccc1OC(C)c1nnc(SCn2cc([N+](=O)[O-])cn2)n1C. The fraction of sp³-hybridized carbons (Fsp3) is 0.312. The van der Waals surface area contributed by atoms with Gasteiger partial charge >= 0.3 is 5.69 Å². The third-order valence-corrected chi connectivity index (χ3v) is 4.79. The monoisotopic (exact) mass is 374 g/mol. The standard InChI is InChI=1S/C16H18N6O3S/c1-11-6-4-5-7-14(11)25-12(2)15-18-19-16(20(15)3)26-10-21-9-13(8-17-21)22(23)24/h4-9,12H,10H2,1-3H3. The molecule has 0 aliphatic heterocycles. The molecule has 26 heavy (non-hydrogen) atoms. The van der Waals surface area contributed by atoms with Crippen LogP contribution in [0.2, 0.25) is 0 Å². The Hall–Kier alpha value is -2.88. The molecular formula is C16H18N6O3S. The van der Waals surface area contributed by atoms with Gasteiger partial charge in [-0.3, -0.25) is 14.8 Å². The summed E-state index contributed by atoms with van der Waals surface area (Å²) in [5, 5.41) is 23.7. The van der Waals surface area contributed by atoms with Gasteiger partial charge in [-0.2, -0.15) is 5.10 Å². The van der Waals surface area contributed by atoms with Crippen molar-refractivity contribution in [3.63, 3.8) is 0 Å². The van der Waals surface area contributed by atoms with Crippen molar-refractivity contribution in [3.05, 3.63) is 58.2 Å². The molecule has 0 spiro atoms. The lowest BCUT2D eigenvalue weighted by molar-refractivity contribution is -0.385. The van der Waals surface area contributed by atoms with Crippen LogP contribution >= 0.6 is 11.8 Å². The van der Waals surface area contributed by atoms with E-state index >= 15 is 0 Å². The molecule has 2 heterocycles. The minimum absolute atomic E-state index is 0.0375. The van der Waals surface area contributed by atoms with Gasteiger partial charge < -0.3 is 9.30 Å². The second kappa shape index (κ2) is 7.56. The Morgan fingerprint density at radius 3 is 2.81 bits per heavy atom. The van der Waals surface area contributed by atoms with Gasteiger partial charge in [-0.05, 0) is 25.5 Å². The fourth-order valence-corrected chi connectivity index (χ4v) is 3.15. The van der Waals surface area contributed by atoms with E-state index in [1.807, 2.05) is 49.7 Å². The molecule has 3 rings (SSSR count). The maximum Gasteiger partial charge on any atom is 0.307 e. The summed E-state index contributed by atoms with van der Waals surface area (Å²) in [7, 11) is 1.86. The van der Waals surface area contributed by atoms with Gasteiger partial charge in [0.2, 0.25) is 0 Å². The number of nitrogens with zero attached hydrogens (tertiary/aromatic N) is 6. The molecule has 0 radical (unpaired) electrons. The number of hydrogen-bond donors (Lipinski definition) is 0. The zero-order valence-corrected chi connectivity index (χ0v) is 15.4. The summed E-state index contributed by atoms with van der Waals surface area (Å²) in [5.41, 5.74) is 1.01. The quantitative estimate of drug-likeness (QED) is 0.356. The number of rotatable bonds is 7. The second-order valence-corrected chi connectivity index (χ2v) is 6.61. The van der Waals surface area contributed by atoms with E-state index in [0.29, 0.717) is 16.9 Å². The van der Waals surface area contributed by atoms with E-state index in [1.165, 1.54) is 28.8 Å². The minimum atomic E-state index is -0.473. The van der Waals surface area contributed by atoms with Gasteiger partial charge in [-0.25, -0.2) is 0 Å². The first-order valence-electron chi connectivity index (χ1n) is 7.87. The van der Waals surface area contributed by atoms with Gasteiger partial charge in [0.1, 0.15) is 18.1 Å². The third kappa shape index (κ3) is 3.85. The summed E-state index contributed by atoms with van der Waals surface area (Å²) >= 11 is 1.38. The Kier molecular flexibility index (Phi) is 5.21. The highest BCUT2D eigenvalue weighted by molar-refractivity contribution is 7.98. The second-order valence-electron chi connectivity index (χ2n) is 5.69. The Bertz CT molecular complexity index is 922. The lowest BCUT2D eigenvalue weighted by atomic mass is 10.2. The minimum Gasteiger partial charge on any atom is -0.482 e. The third-order valence-electron chi connectivity index (χ3n) is 3.79. The van der Waals surface area contributed by atoms with E-state index in [9.17, 15) is 10.1 Å². The number of ether oxygens (including phenoxy) is 1. The lowest BCUT2D eigenvalue weighted by Crippen LogP contribution is -2.10. The van der Waals surface area contributed by atoms with Crippen LogP contribution in [0.3, 0.4) is 0 Å². The van der Waals surface area contributed by atoms with E-state index in [-0.39, 0.29) is 11.8 Å². The van der Waals surface area contributed by atoms with Crippen molar-refractivity contribution < 1.29 is 9.66 Å². The number of aryl methyl sites for hydroxylation is 1. The van der Waals surface area contributed by atoms with Crippen LogP contribution in [-0.2, 0) is 12.9 Å². The molecule has 10 heteroatoms. The molecule has 1 unspecified atom stereocenters. The van der Waals surface area contributed by atoms with Crippen LogP contribution in [-0.4, -0.2) is 29.5 Å². The number of hydrogen-bond acceptors (Lipinski definition) is 7. The number of nitro groups is 1. The summed E-state index contributed by atoms with van der Waals surface area (Å²) < 4.78 is 9.34. The molecule has 9 nitrogen and oxygen atoms in total. The molecule has 1 aromatic carbocycles. The smallest absolute Gasteiger partial charge is 0.307 e. The highest BCUT2D eigenvalue weighted by Crippen LogP contribution is 2.26. The lowest BCUT2D eigenvalue weighted by Gasteiger charge is -2.15. The van der Waals surface area contributed by atoms with Gasteiger partial charge in [0, 0.05) is 7.05 Å². The summed E-state index contributed by atoms with van der Waals surface area (Å²) in [6, 6.07) is 7.80. The van der Waals surface area contributed by atoms with Gasteiger partial charge in [0.25, 0.3) is 0 Å². The predicted octanol–water partition coefficient (Wildman–Crippen LogP) is 3.12. The van der Waals surface area contributed by atoms with Crippen LogP contribution in [0, 0.1) is 17.0 Å². The van der Waals surface area contributed by atoms with Crippen LogP contribution in [0.5, 0.6) is 5.75 Å². The molecule has 0 bridgehead atoms. The van der Waals surface area contributed by atoms with E-state index < -0.39 is 4.92 Å². The van der Waals surface area contributed by atoms with Crippen molar-refractivity contribution >= 4 is 17.4 Å². The average Bonchev–Trinajstić information content (AvgIpc) is 3.22. The topological polar surface area (TPSA) is 101 Å².